The molecule has 192 valence electrons. The molecule has 1 saturated heterocycles. The lowest BCUT2D eigenvalue weighted by molar-refractivity contribution is 0.174. The maximum absolute atomic E-state index is 5.16. The van der Waals surface area contributed by atoms with E-state index in [0.717, 1.165) is 73.2 Å². The minimum Gasteiger partial charge on any atom is -0.377 e. The van der Waals surface area contributed by atoms with Gasteiger partial charge in [0.1, 0.15) is 18.2 Å². The average Bonchev–Trinajstić information content (AvgIpc) is 3.10. The van der Waals surface area contributed by atoms with Crippen molar-refractivity contribution in [1.29, 1.82) is 0 Å². The molecule has 0 bridgehead atoms. The number of nitrogens with zero attached hydrogens (tertiary/aromatic N) is 7. The third-order valence-electron chi connectivity index (χ3n) is 5.90. The van der Waals surface area contributed by atoms with Gasteiger partial charge in [-0.15, -0.1) is 22.6 Å². The number of aromatic nitrogens is 5. The Bertz CT molecular complexity index is 883. The zero-order valence-electron chi connectivity index (χ0n) is 22.1. The molecule has 2 aromatic heterocycles. The molecule has 0 amide bonds. The summed E-state index contributed by atoms with van der Waals surface area (Å²) in [4.78, 5) is 14.9. The second-order valence-electron chi connectivity index (χ2n) is 10.9. The molecule has 1 aliphatic heterocycles. The number of halogens is 1. The van der Waals surface area contributed by atoms with E-state index in [2.05, 4.69) is 67.6 Å². The molecular weight excluding hydrogens is 470 g/mol. The van der Waals surface area contributed by atoms with Gasteiger partial charge in [0.25, 0.3) is 0 Å². The van der Waals surface area contributed by atoms with Gasteiger partial charge in [-0.3, -0.25) is 4.90 Å². The van der Waals surface area contributed by atoms with Crippen LogP contribution in [0.25, 0.3) is 0 Å². The van der Waals surface area contributed by atoms with Crippen LogP contribution in [0.3, 0.4) is 0 Å². The van der Waals surface area contributed by atoms with Gasteiger partial charge in [-0.05, 0) is 13.0 Å². The Balaban J connectivity index is 0.00000408. The standard InChI is InChI=1S/C24H41N7OS.ClH/c1-23(2,3)18-16-19(26-21(25-18)24(4,5)6)31-13-11-30(12-14-31)10-9-15-33-22-28-27-20(17-32-8)29(22)7;/h16H,9-15,17H2,1-8H3;1H. The van der Waals surface area contributed by atoms with Gasteiger partial charge in [-0.1, -0.05) is 53.3 Å². The van der Waals surface area contributed by atoms with Crippen molar-refractivity contribution < 1.29 is 4.74 Å². The Hall–Kier alpha value is -1.42. The van der Waals surface area contributed by atoms with E-state index in [1.165, 1.54) is 0 Å². The van der Waals surface area contributed by atoms with Gasteiger partial charge < -0.3 is 14.2 Å². The summed E-state index contributed by atoms with van der Waals surface area (Å²) in [6.45, 7) is 19.0. The summed E-state index contributed by atoms with van der Waals surface area (Å²) in [6.07, 6.45) is 1.13. The van der Waals surface area contributed by atoms with Crippen LogP contribution >= 0.6 is 24.2 Å². The van der Waals surface area contributed by atoms with Crippen molar-refractivity contribution in [2.24, 2.45) is 7.05 Å². The van der Waals surface area contributed by atoms with Gasteiger partial charge in [-0.25, -0.2) is 9.97 Å². The fraction of sp³-hybridized carbons (Fsp3) is 0.750. The van der Waals surface area contributed by atoms with Gasteiger partial charge in [0.15, 0.2) is 11.0 Å². The Morgan fingerprint density at radius 1 is 0.971 bits per heavy atom. The number of hydrogen-bond donors (Lipinski definition) is 0. The summed E-state index contributed by atoms with van der Waals surface area (Å²) in [6, 6.07) is 2.19. The van der Waals surface area contributed by atoms with Gasteiger partial charge in [0.05, 0.1) is 5.69 Å². The topological polar surface area (TPSA) is 72.2 Å². The third kappa shape index (κ3) is 7.54. The van der Waals surface area contributed by atoms with Crippen LogP contribution in [0.1, 0.15) is 65.3 Å². The highest BCUT2D eigenvalue weighted by atomic mass is 35.5. The molecule has 0 saturated carbocycles. The third-order valence-corrected chi connectivity index (χ3v) is 7.00. The van der Waals surface area contributed by atoms with E-state index < -0.39 is 0 Å². The first-order valence-electron chi connectivity index (χ1n) is 11.9. The lowest BCUT2D eigenvalue weighted by Gasteiger charge is -2.36. The molecule has 0 aromatic carbocycles. The van der Waals surface area contributed by atoms with E-state index in [-0.39, 0.29) is 23.2 Å². The second kappa shape index (κ2) is 12.0. The summed E-state index contributed by atoms with van der Waals surface area (Å²) in [5.41, 5.74) is 1.06. The molecule has 1 aliphatic rings. The average molecular weight is 512 g/mol. The Morgan fingerprint density at radius 2 is 1.65 bits per heavy atom. The smallest absolute Gasteiger partial charge is 0.191 e. The summed E-state index contributed by atoms with van der Waals surface area (Å²) < 4.78 is 7.18. The number of rotatable bonds is 8. The minimum atomic E-state index is -0.0669. The molecule has 0 unspecified atom stereocenters. The SMILES string of the molecule is COCc1nnc(SCCCN2CCN(c3cc(C(C)(C)C)nc(C(C)(C)C)n3)CC2)n1C.Cl. The molecule has 34 heavy (non-hydrogen) atoms. The maximum atomic E-state index is 5.16. The molecule has 0 spiro atoms. The highest BCUT2D eigenvalue weighted by Crippen LogP contribution is 2.28. The summed E-state index contributed by atoms with van der Waals surface area (Å²) in [7, 11) is 3.68. The van der Waals surface area contributed by atoms with Crippen LogP contribution in [-0.4, -0.2) is 75.2 Å². The van der Waals surface area contributed by atoms with Crippen molar-refractivity contribution in [2.45, 2.75) is 70.6 Å². The molecule has 1 fully saturated rings. The Kier molecular flexibility index (Phi) is 10.2. The van der Waals surface area contributed by atoms with Crippen molar-refractivity contribution in [3.63, 3.8) is 0 Å². The maximum Gasteiger partial charge on any atom is 0.191 e. The second-order valence-corrected chi connectivity index (χ2v) is 11.9. The zero-order valence-corrected chi connectivity index (χ0v) is 23.7. The molecule has 0 radical (unpaired) electrons. The van der Waals surface area contributed by atoms with E-state index in [9.17, 15) is 0 Å². The van der Waals surface area contributed by atoms with Crippen LogP contribution in [0.15, 0.2) is 11.2 Å². The van der Waals surface area contributed by atoms with E-state index >= 15 is 0 Å². The van der Waals surface area contributed by atoms with Crippen LogP contribution in [0.4, 0.5) is 5.82 Å². The van der Waals surface area contributed by atoms with Gasteiger partial charge in [0, 0.05) is 63.0 Å². The van der Waals surface area contributed by atoms with Gasteiger partial charge >= 0.3 is 0 Å². The van der Waals surface area contributed by atoms with Crippen molar-refractivity contribution in [2.75, 3.05) is 50.5 Å². The monoisotopic (exact) mass is 511 g/mol. The molecule has 2 aromatic rings. The highest BCUT2D eigenvalue weighted by Gasteiger charge is 2.26. The zero-order chi connectivity index (χ0) is 24.2. The molecule has 8 nitrogen and oxygen atoms in total. The lowest BCUT2D eigenvalue weighted by atomic mass is 9.90. The van der Waals surface area contributed by atoms with Crippen molar-refractivity contribution >= 4 is 30.0 Å². The molecule has 3 heterocycles. The van der Waals surface area contributed by atoms with E-state index in [1.807, 2.05) is 11.6 Å². The van der Waals surface area contributed by atoms with E-state index in [1.54, 1.807) is 18.9 Å². The first-order chi connectivity index (χ1) is 15.5. The van der Waals surface area contributed by atoms with E-state index in [0.29, 0.717) is 6.61 Å². The molecule has 0 atom stereocenters. The van der Waals surface area contributed by atoms with Crippen LogP contribution in [0, 0.1) is 0 Å². The van der Waals surface area contributed by atoms with Crippen LogP contribution < -0.4 is 4.90 Å². The van der Waals surface area contributed by atoms with Crippen molar-refractivity contribution in [1.82, 2.24) is 29.6 Å². The molecule has 3 rings (SSSR count). The number of piperazine rings is 1. The Labute approximate surface area is 215 Å². The predicted octanol–water partition coefficient (Wildman–Crippen LogP) is 4.07. The quantitative estimate of drug-likeness (QED) is 0.388. The Morgan fingerprint density at radius 3 is 2.24 bits per heavy atom. The molecule has 0 N–H and O–H groups in total. The van der Waals surface area contributed by atoms with E-state index in [4.69, 9.17) is 14.7 Å². The number of hydrogen-bond acceptors (Lipinski definition) is 8. The highest BCUT2D eigenvalue weighted by molar-refractivity contribution is 7.99. The van der Waals surface area contributed by atoms with Gasteiger partial charge in [-0.2, -0.15) is 0 Å². The largest absolute Gasteiger partial charge is 0.377 e. The summed E-state index contributed by atoms with van der Waals surface area (Å²) >= 11 is 1.77. The fourth-order valence-electron chi connectivity index (χ4n) is 3.69. The predicted molar refractivity (Wildman–Crippen MR) is 142 cm³/mol. The number of thioether (sulfide) groups is 1. The molecule has 10 heteroatoms. The van der Waals surface area contributed by atoms with Crippen LogP contribution in [0.2, 0.25) is 0 Å². The normalized spacial score (nSPS) is 15.5. The molecule has 0 aliphatic carbocycles. The molecular formula is C24H42ClN7OS. The lowest BCUT2D eigenvalue weighted by Crippen LogP contribution is -2.47. The summed E-state index contributed by atoms with van der Waals surface area (Å²) in [5.74, 6) is 3.91. The fourth-order valence-corrected chi connectivity index (χ4v) is 4.55. The minimum absolute atomic E-state index is 0. The van der Waals surface area contributed by atoms with Crippen LogP contribution in [0.5, 0.6) is 0 Å². The van der Waals surface area contributed by atoms with Crippen molar-refractivity contribution in [3.8, 4) is 0 Å². The number of methoxy groups -OCH3 is 1. The number of anilines is 1. The van der Waals surface area contributed by atoms with Crippen LogP contribution in [-0.2, 0) is 29.2 Å². The first-order valence-corrected chi connectivity index (χ1v) is 12.8. The summed E-state index contributed by atoms with van der Waals surface area (Å²) in [5, 5.41) is 9.43. The first kappa shape index (κ1) is 28.8. The van der Waals surface area contributed by atoms with Gasteiger partial charge in [0.2, 0.25) is 0 Å². The van der Waals surface area contributed by atoms with Crippen molar-refractivity contribution in [3.05, 3.63) is 23.4 Å². The number of ether oxygens (including phenoxy) is 1.